The van der Waals surface area contributed by atoms with E-state index in [1.54, 1.807) is 0 Å². The number of fused-ring (bicyclic) bond motifs is 3. The maximum atomic E-state index is 11.5. The molecule has 2 heterocycles. The lowest BCUT2D eigenvalue weighted by atomic mass is 10.1. The Kier molecular flexibility index (Phi) is 4.41. The number of hydrogen-bond donors (Lipinski definition) is 1. The third kappa shape index (κ3) is 3.43. The number of nitrogens with one attached hydrogen (secondary N) is 1. The molecule has 0 aliphatic carbocycles. The van der Waals surface area contributed by atoms with Crippen LogP contribution in [0.15, 0.2) is 54.6 Å². The van der Waals surface area contributed by atoms with Crippen molar-refractivity contribution in [1.82, 2.24) is 19.3 Å². The first-order chi connectivity index (χ1) is 12.9. The third-order valence-corrected chi connectivity index (χ3v) is 5.22. The van der Waals surface area contributed by atoms with Gasteiger partial charge in [0, 0.05) is 24.0 Å². The zero-order valence-corrected chi connectivity index (χ0v) is 16.0. The van der Waals surface area contributed by atoms with E-state index in [0.717, 1.165) is 39.0 Å². The minimum atomic E-state index is -3.25. The van der Waals surface area contributed by atoms with Gasteiger partial charge in [-0.05, 0) is 13.0 Å². The molecule has 0 saturated heterocycles. The van der Waals surface area contributed by atoms with E-state index in [4.69, 9.17) is 4.98 Å². The van der Waals surface area contributed by atoms with Gasteiger partial charge in [-0.3, -0.25) is 4.98 Å². The summed E-state index contributed by atoms with van der Waals surface area (Å²) in [5, 5.41) is 1.01. The lowest BCUT2D eigenvalue weighted by molar-refractivity contribution is 0.581. The minimum absolute atomic E-state index is 0.291. The molecular weight excluding hydrogens is 360 g/mol. The van der Waals surface area contributed by atoms with Crippen LogP contribution in [0.4, 0.5) is 0 Å². The smallest absolute Gasteiger partial charge is 0.208 e. The number of sulfonamides is 1. The molecule has 0 fully saturated rings. The van der Waals surface area contributed by atoms with Crippen LogP contribution in [-0.2, 0) is 16.6 Å². The van der Waals surface area contributed by atoms with Crippen molar-refractivity contribution in [1.29, 1.82) is 0 Å². The highest BCUT2D eigenvalue weighted by molar-refractivity contribution is 7.88. The molecule has 1 N–H and O–H groups in total. The van der Waals surface area contributed by atoms with E-state index in [0.29, 0.717) is 13.1 Å². The van der Waals surface area contributed by atoms with Crippen LogP contribution in [0.2, 0.25) is 0 Å². The molecule has 0 amide bonds. The molecule has 0 aliphatic heterocycles. The summed E-state index contributed by atoms with van der Waals surface area (Å²) in [6.45, 7) is 2.72. The van der Waals surface area contributed by atoms with E-state index in [1.807, 2.05) is 61.5 Å². The lowest BCUT2D eigenvalue weighted by Crippen LogP contribution is -2.26. The van der Waals surface area contributed by atoms with Gasteiger partial charge in [0.05, 0.1) is 23.0 Å². The Bertz CT molecular complexity index is 1230. The number of pyridine rings is 1. The molecular formula is C20H20N4O2S. The number of hydrogen-bond acceptors (Lipinski definition) is 4. The van der Waals surface area contributed by atoms with E-state index in [-0.39, 0.29) is 0 Å². The minimum Gasteiger partial charge on any atom is -0.322 e. The molecule has 0 unspecified atom stereocenters. The Morgan fingerprint density at radius 3 is 2.44 bits per heavy atom. The topological polar surface area (TPSA) is 76.9 Å². The van der Waals surface area contributed by atoms with Crippen LogP contribution >= 0.6 is 0 Å². The number of nitrogens with zero attached hydrogens (tertiary/aromatic N) is 3. The standard InChI is InChI=1S/C20H20N4O2S/c1-14-18-19(16-10-6-7-11-17(16)22-14)24(13-12-21-27(2,25)26)20(23-18)15-8-4-3-5-9-15/h3-11,21H,12-13H2,1-2H3. The fourth-order valence-electron chi connectivity index (χ4n) is 3.35. The summed E-state index contributed by atoms with van der Waals surface area (Å²) < 4.78 is 27.7. The molecule has 27 heavy (non-hydrogen) atoms. The summed E-state index contributed by atoms with van der Waals surface area (Å²) in [6.07, 6.45) is 1.17. The van der Waals surface area contributed by atoms with E-state index < -0.39 is 10.0 Å². The van der Waals surface area contributed by atoms with Gasteiger partial charge in [0.2, 0.25) is 10.0 Å². The molecule has 7 heteroatoms. The van der Waals surface area contributed by atoms with Gasteiger partial charge in [-0.25, -0.2) is 18.1 Å². The van der Waals surface area contributed by atoms with Crippen molar-refractivity contribution in [2.45, 2.75) is 13.5 Å². The van der Waals surface area contributed by atoms with Gasteiger partial charge in [0.15, 0.2) is 0 Å². The fourth-order valence-corrected chi connectivity index (χ4v) is 3.81. The second-order valence-corrected chi connectivity index (χ2v) is 8.36. The van der Waals surface area contributed by atoms with Crippen LogP contribution in [0.5, 0.6) is 0 Å². The van der Waals surface area contributed by atoms with Crippen molar-refractivity contribution in [3.63, 3.8) is 0 Å². The van der Waals surface area contributed by atoms with Gasteiger partial charge in [0.1, 0.15) is 11.3 Å². The average molecular weight is 380 g/mol. The van der Waals surface area contributed by atoms with E-state index in [2.05, 4.69) is 14.3 Å². The highest BCUT2D eigenvalue weighted by Gasteiger charge is 2.18. The van der Waals surface area contributed by atoms with Crippen LogP contribution in [0.25, 0.3) is 33.3 Å². The van der Waals surface area contributed by atoms with Gasteiger partial charge in [-0.2, -0.15) is 0 Å². The Hall–Kier alpha value is -2.77. The largest absolute Gasteiger partial charge is 0.322 e. The molecule has 0 aliphatic rings. The predicted molar refractivity (Wildman–Crippen MR) is 108 cm³/mol. The number of aryl methyl sites for hydroxylation is 1. The van der Waals surface area contributed by atoms with Crippen LogP contribution < -0.4 is 4.72 Å². The molecule has 2 aromatic heterocycles. The summed E-state index contributed by atoms with van der Waals surface area (Å²) >= 11 is 0. The number of imidazole rings is 1. The van der Waals surface area contributed by atoms with Crippen molar-refractivity contribution in [2.75, 3.05) is 12.8 Å². The number of para-hydroxylation sites is 1. The van der Waals surface area contributed by atoms with Crippen LogP contribution in [-0.4, -0.2) is 35.8 Å². The number of aromatic nitrogens is 3. The van der Waals surface area contributed by atoms with Gasteiger partial charge >= 0.3 is 0 Å². The van der Waals surface area contributed by atoms with E-state index in [9.17, 15) is 8.42 Å². The SMILES string of the molecule is Cc1nc2ccccc2c2c1nc(-c1ccccc1)n2CCNS(C)(=O)=O. The monoisotopic (exact) mass is 380 g/mol. The first kappa shape index (κ1) is 17.6. The summed E-state index contributed by atoms with van der Waals surface area (Å²) in [5.41, 5.74) is 4.56. The van der Waals surface area contributed by atoms with Crippen molar-refractivity contribution < 1.29 is 8.42 Å². The molecule has 138 valence electrons. The van der Waals surface area contributed by atoms with Crippen molar-refractivity contribution in [3.8, 4) is 11.4 Å². The summed E-state index contributed by atoms with van der Waals surface area (Å²) in [6, 6.07) is 17.9. The van der Waals surface area contributed by atoms with Crippen LogP contribution in [0, 0.1) is 6.92 Å². The maximum absolute atomic E-state index is 11.5. The second kappa shape index (κ2) is 6.75. The maximum Gasteiger partial charge on any atom is 0.208 e. The Morgan fingerprint density at radius 1 is 1.00 bits per heavy atom. The number of rotatable bonds is 5. The number of benzene rings is 2. The fraction of sp³-hybridized carbons (Fsp3) is 0.200. The first-order valence-electron chi connectivity index (χ1n) is 8.70. The van der Waals surface area contributed by atoms with Crippen LogP contribution in [0.1, 0.15) is 5.69 Å². The summed E-state index contributed by atoms with van der Waals surface area (Å²) in [5.74, 6) is 0.808. The van der Waals surface area contributed by atoms with Gasteiger partial charge in [-0.1, -0.05) is 48.5 Å². The molecule has 4 aromatic rings. The molecule has 0 atom stereocenters. The van der Waals surface area contributed by atoms with E-state index >= 15 is 0 Å². The highest BCUT2D eigenvalue weighted by atomic mass is 32.2. The van der Waals surface area contributed by atoms with Gasteiger partial charge < -0.3 is 4.57 Å². The Labute approximate surface area is 157 Å². The second-order valence-electron chi connectivity index (χ2n) is 6.53. The van der Waals surface area contributed by atoms with Crippen molar-refractivity contribution in [3.05, 3.63) is 60.3 Å². The van der Waals surface area contributed by atoms with Crippen LogP contribution in [0.3, 0.4) is 0 Å². The molecule has 2 aromatic carbocycles. The van der Waals surface area contributed by atoms with Gasteiger partial charge in [-0.15, -0.1) is 0 Å². The van der Waals surface area contributed by atoms with E-state index in [1.165, 1.54) is 6.26 Å². The molecule has 4 rings (SSSR count). The average Bonchev–Trinajstić information content (AvgIpc) is 3.02. The zero-order chi connectivity index (χ0) is 19.0. The van der Waals surface area contributed by atoms with Crippen molar-refractivity contribution in [2.24, 2.45) is 0 Å². The zero-order valence-electron chi connectivity index (χ0n) is 15.2. The molecule has 0 radical (unpaired) electrons. The lowest BCUT2D eigenvalue weighted by Gasteiger charge is -2.11. The molecule has 6 nitrogen and oxygen atoms in total. The predicted octanol–water partition coefficient (Wildman–Crippen LogP) is 3.11. The summed E-state index contributed by atoms with van der Waals surface area (Å²) in [4.78, 5) is 9.56. The highest BCUT2D eigenvalue weighted by Crippen LogP contribution is 2.31. The normalized spacial score (nSPS) is 12.1. The van der Waals surface area contributed by atoms with Crippen molar-refractivity contribution >= 4 is 32.0 Å². The molecule has 0 saturated carbocycles. The quantitative estimate of drug-likeness (QED) is 0.577. The molecule has 0 spiro atoms. The van der Waals surface area contributed by atoms with Gasteiger partial charge in [0.25, 0.3) is 0 Å². The Balaban J connectivity index is 1.97. The Morgan fingerprint density at radius 2 is 1.70 bits per heavy atom. The third-order valence-electron chi connectivity index (χ3n) is 4.49. The summed E-state index contributed by atoms with van der Waals surface area (Å²) in [7, 11) is -3.25. The molecule has 0 bridgehead atoms. The first-order valence-corrected chi connectivity index (χ1v) is 10.6.